The molecule has 1 aliphatic heterocycles. The van der Waals surface area contributed by atoms with E-state index in [4.69, 9.17) is 21.4 Å². The minimum atomic E-state index is -0.973. The second kappa shape index (κ2) is 7.72. The molecule has 2 atom stereocenters. The van der Waals surface area contributed by atoms with Crippen molar-refractivity contribution in [1.82, 2.24) is 15.3 Å². The second-order valence-electron chi connectivity index (χ2n) is 7.29. The molecule has 5 N–H and O–H groups in total. The third-order valence-electron chi connectivity index (χ3n) is 5.21. The molecule has 1 aromatic rings. The van der Waals surface area contributed by atoms with E-state index in [1.807, 2.05) is 7.05 Å². The first kappa shape index (κ1) is 18.8. The summed E-state index contributed by atoms with van der Waals surface area (Å²) in [6.45, 7) is 4.01. The summed E-state index contributed by atoms with van der Waals surface area (Å²) in [6.07, 6.45) is 7.24. The number of nitrogens with one attached hydrogen (secondary N) is 1. The number of hydrogen-bond acceptors (Lipinski definition) is 6. The van der Waals surface area contributed by atoms with Gasteiger partial charge in [0.05, 0.1) is 0 Å². The summed E-state index contributed by atoms with van der Waals surface area (Å²) in [4.78, 5) is 11.7. The summed E-state index contributed by atoms with van der Waals surface area (Å²) >= 11 is 0. The molecule has 1 fully saturated rings. The van der Waals surface area contributed by atoms with Crippen molar-refractivity contribution in [3.05, 3.63) is 41.3 Å². The largest absolute Gasteiger partial charge is 0.400 e. The Kier molecular flexibility index (Phi) is 5.58. The predicted molar refractivity (Wildman–Crippen MR) is 102 cm³/mol. The molecule has 1 aromatic heterocycles. The highest BCUT2D eigenvalue weighted by molar-refractivity contribution is 5.44. The summed E-state index contributed by atoms with van der Waals surface area (Å²) in [6, 6.07) is 2.52. The molecular formula is C19H29FN6. The van der Waals surface area contributed by atoms with Gasteiger partial charge in [-0.25, -0.2) is 14.4 Å². The van der Waals surface area contributed by atoms with Crippen LogP contribution in [0.1, 0.15) is 44.1 Å². The Hall–Kier alpha value is -1.99. The summed E-state index contributed by atoms with van der Waals surface area (Å²) in [5.41, 5.74) is 12.5. The van der Waals surface area contributed by atoms with E-state index in [2.05, 4.69) is 23.2 Å². The minimum Gasteiger partial charge on any atom is -0.400 e. The fourth-order valence-electron chi connectivity index (χ4n) is 3.48. The highest BCUT2D eigenvalue weighted by atomic mass is 19.1. The highest BCUT2D eigenvalue weighted by Crippen LogP contribution is 2.31. The molecule has 0 bridgehead atoms. The van der Waals surface area contributed by atoms with Crippen LogP contribution in [0.25, 0.3) is 0 Å². The third-order valence-corrected chi connectivity index (χ3v) is 5.21. The van der Waals surface area contributed by atoms with Crippen molar-refractivity contribution in [3.8, 4) is 0 Å². The maximum Gasteiger partial charge on any atom is 0.155 e. The molecule has 0 radical (unpaired) electrons. The molecule has 0 amide bonds. The van der Waals surface area contributed by atoms with E-state index in [1.54, 1.807) is 6.08 Å². The van der Waals surface area contributed by atoms with Crippen molar-refractivity contribution in [1.29, 1.82) is 0 Å². The average Bonchev–Trinajstić information content (AvgIpc) is 3.12. The molecule has 7 heteroatoms. The molecule has 26 heavy (non-hydrogen) atoms. The number of allylic oxidation sites excluding steroid dienone is 2. The molecule has 1 aliphatic carbocycles. The van der Waals surface area contributed by atoms with Crippen molar-refractivity contribution in [2.45, 2.75) is 50.6 Å². The van der Waals surface area contributed by atoms with Gasteiger partial charge >= 0.3 is 0 Å². The zero-order valence-corrected chi connectivity index (χ0v) is 15.6. The summed E-state index contributed by atoms with van der Waals surface area (Å²) < 4.78 is 13.6. The van der Waals surface area contributed by atoms with Crippen LogP contribution in [-0.4, -0.2) is 36.1 Å². The quantitative estimate of drug-likeness (QED) is 0.717. The molecular weight excluding hydrogens is 331 g/mol. The molecule has 2 unspecified atom stereocenters. The van der Waals surface area contributed by atoms with Gasteiger partial charge in [0, 0.05) is 43.0 Å². The molecule has 2 aliphatic rings. The second-order valence-corrected chi connectivity index (χ2v) is 7.29. The van der Waals surface area contributed by atoms with Crippen LogP contribution in [0.4, 0.5) is 10.2 Å². The van der Waals surface area contributed by atoms with Gasteiger partial charge < -0.3 is 21.7 Å². The molecule has 0 aromatic carbocycles. The van der Waals surface area contributed by atoms with Crippen LogP contribution < -0.4 is 21.7 Å². The van der Waals surface area contributed by atoms with Gasteiger partial charge in [0.25, 0.3) is 0 Å². The Morgan fingerprint density at radius 3 is 2.88 bits per heavy atom. The van der Waals surface area contributed by atoms with Crippen LogP contribution in [0.2, 0.25) is 0 Å². The van der Waals surface area contributed by atoms with Gasteiger partial charge in [-0.15, -0.1) is 0 Å². The van der Waals surface area contributed by atoms with Crippen LogP contribution in [0, 0.1) is 0 Å². The van der Waals surface area contributed by atoms with Gasteiger partial charge in [-0.2, -0.15) is 0 Å². The first-order valence-corrected chi connectivity index (χ1v) is 9.38. The van der Waals surface area contributed by atoms with Crippen molar-refractivity contribution in [3.63, 3.8) is 0 Å². The maximum absolute atomic E-state index is 13.6. The normalized spacial score (nSPS) is 26.0. The average molecular weight is 360 g/mol. The maximum atomic E-state index is 13.6. The Bertz CT molecular complexity index is 716. The number of aromatic nitrogens is 2. The van der Waals surface area contributed by atoms with Gasteiger partial charge in [-0.3, -0.25) is 0 Å². The van der Waals surface area contributed by atoms with Gasteiger partial charge in [0.1, 0.15) is 17.2 Å². The molecule has 0 spiro atoms. The number of nitrogens with zero attached hydrogens (tertiary/aromatic N) is 3. The molecule has 1 saturated heterocycles. The van der Waals surface area contributed by atoms with E-state index in [-0.39, 0.29) is 12.1 Å². The number of anilines is 1. The van der Waals surface area contributed by atoms with Gasteiger partial charge in [0.2, 0.25) is 0 Å². The fourth-order valence-corrected chi connectivity index (χ4v) is 3.48. The summed E-state index contributed by atoms with van der Waals surface area (Å²) in [5.74, 6) is 0.983. The van der Waals surface area contributed by atoms with Gasteiger partial charge in [0.15, 0.2) is 5.82 Å². The van der Waals surface area contributed by atoms with Crippen LogP contribution in [0.3, 0.4) is 0 Å². The molecule has 142 valence electrons. The zero-order chi connectivity index (χ0) is 18.7. The lowest BCUT2D eigenvalue weighted by Gasteiger charge is -2.29. The lowest BCUT2D eigenvalue weighted by atomic mass is 9.89. The van der Waals surface area contributed by atoms with Gasteiger partial charge in [-0.05, 0) is 32.4 Å². The van der Waals surface area contributed by atoms with Crippen molar-refractivity contribution >= 4 is 5.82 Å². The minimum absolute atomic E-state index is 0.149. The van der Waals surface area contributed by atoms with Crippen LogP contribution >= 0.6 is 0 Å². The third kappa shape index (κ3) is 3.88. The monoisotopic (exact) mass is 360 g/mol. The Balaban J connectivity index is 1.94. The first-order valence-electron chi connectivity index (χ1n) is 9.38. The number of likely N-dealkylation sites (N-methyl/N-ethyl adjacent to an activating group) is 1. The van der Waals surface area contributed by atoms with E-state index >= 15 is 0 Å². The predicted octanol–water partition coefficient (Wildman–Crippen LogP) is 1.87. The van der Waals surface area contributed by atoms with E-state index in [9.17, 15) is 4.39 Å². The Labute approximate surface area is 154 Å². The standard InChI is InChI=1S/C19H29FN6/c1-3-4-5-13-10-17(26-9-7-14(12-26)23-2)25-18(24-13)19(22)8-6-15(20)16(21)11-19/h6,8,10,14,23H,3-5,7,9,11-12,21-22H2,1-2H3. The number of hydrogen-bond donors (Lipinski definition) is 3. The summed E-state index contributed by atoms with van der Waals surface area (Å²) in [5, 5.41) is 3.32. The lowest BCUT2D eigenvalue weighted by Crippen LogP contribution is -2.40. The van der Waals surface area contributed by atoms with E-state index < -0.39 is 11.4 Å². The zero-order valence-electron chi connectivity index (χ0n) is 15.6. The fraction of sp³-hybridized carbons (Fsp3) is 0.579. The molecule has 6 nitrogen and oxygen atoms in total. The summed E-state index contributed by atoms with van der Waals surface area (Å²) in [7, 11) is 1.98. The van der Waals surface area contributed by atoms with Crippen LogP contribution in [0.15, 0.2) is 29.7 Å². The van der Waals surface area contributed by atoms with E-state index in [1.165, 1.54) is 6.08 Å². The van der Waals surface area contributed by atoms with Gasteiger partial charge in [-0.1, -0.05) is 19.4 Å². The highest BCUT2D eigenvalue weighted by Gasteiger charge is 2.34. The number of unbranched alkanes of at least 4 members (excludes halogenated alkanes) is 1. The number of rotatable bonds is 6. The van der Waals surface area contributed by atoms with E-state index in [0.717, 1.165) is 50.3 Å². The van der Waals surface area contributed by atoms with Crippen LogP contribution in [-0.2, 0) is 12.0 Å². The molecule has 3 rings (SSSR count). The SMILES string of the molecule is CCCCc1cc(N2CCC(NC)C2)nc(C2(N)C=CC(F)=C(N)C2)n1. The lowest BCUT2D eigenvalue weighted by molar-refractivity contribution is 0.483. The van der Waals surface area contributed by atoms with Crippen molar-refractivity contribution in [2.24, 2.45) is 11.5 Å². The van der Waals surface area contributed by atoms with Crippen LogP contribution in [0.5, 0.6) is 0 Å². The number of nitrogens with two attached hydrogens (primary N) is 2. The molecule has 2 heterocycles. The molecule has 0 saturated carbocycles. The Morgan fingerprint density at radius 1 is 1.42 bits per heavy atom. The number of halogens is 1. The smallest absolute Gasteiger partial charge is 0.155 e. The Morgan fingerprint density at radius 2 is 2.23 bits per heavy atom. The van der Waals surface area contributed by atoms with E-state index in [0.29, 0.717) is 11.9 Å². The number of aryl methyl sites for hydroxylation is 1. The first-order chi connectivity index (χ1) is 12.4. The van der Waals surface area contributed by atoms with Crippen molar-refractivity contribution in [2.75, 3.05) is 25.0 Å². The topological polar surface area (TPSA) is 93.1 Å². The van der Waals surface area contributed by atoms with Crippen molar-refractivity contribution < 1.29 is 4.39 Å².